The minimum atomic E-state index is 0.486. The van der Waals surface area contributed by atoms with E-state index in [1.54, 1.807) is 7.11 Å². The zero-order valence-electron chi connectivity index (χ0n) is 13.3. The average molecular weight is 296 g/mol. The fourth-order valence-electron chi connectivity index (χ4n) is 1.99. The molecule has 0 saturated carbocycles. The molecule has 4 heteroatoms. The van der Waals surface area contributed by atoms with Gasteiger partial charge in [0.25, 0.3) is 0 Å². The maximum atomic E-state index is 5.73. The van der Waals surface area contributed by atoms with Gasteiger partial charge in [0.15, 0.2) is 0 Å². The highest BCUT2D eigenvalue weighted by atomic mass is 16.5. The Labute approximate surface area is 130 Å². The van der Waals surface area contributed by atoms with Crippen molar-refractivity contribution in [1.82, 2.24) is 10.2 Å². The standard InChI is InChI=1S/C16H14N2O2.C2H6/c1-11-5-3-6-12(9-11)15-17-18-16(20-15)13-7-4-8-14(10-13)19-2;1-2/h3-10H,1-2H3;1-2H3. The molecule has 0 fully saturated rings. The first kappa shape index (κ1) is 15.8. The maximum absolute atomic E-state index is 5.73. The van der Waals surface area contributed by atoms with Gasteiger partial charge in [0, 0.05) is 11.1 Å². The summed E-state index contributed by atoms with van der Waals surface area (Å²) in [6.07, 6.45) is 0. The van der Waals surface area contributed by atoms with E-state index in [0.29, 0.717) is 11.8 Å². The molecule has 0 aliphatic carbocycles. The first-order valence-electron chi connectivity index (χ1n) is 7.31. The van der Waals surface area contributed by atoms with Gasteiger partial charge in [-0.1, -0.05) is 37.6 Å². The van der Waals surface area contributed by atoms with Crippen LogP contribution in [0, 0.1) is 6.92 Å². The van der Waals surface area contributed by atoms with Gasteiger partial charge in [-0.05, 0) is 37.3 Å². The lowest BCUT2D eigenvalue weighted by Crippen LogP contribution is -1.83. The fourth-order valence-corrected chi connectivity index (χ4v) is 1.99. The maximum Gasteiger partial charge on any atom is 0.248 e. The molecule has 0 N–H and O–H groups in total. The molecule has 0 unspecified atom stereocenters. The van der Waals surface area contributed by atoms with E-state index >= 15 is 0 Å². The topological polar surface area (TPSA) is 48.2 Å². The van der Waals surface area contributed by atoms with Crippen LogP contribution in [-0.2, 0) is 0 Å². The van der Waals surface area contributed by atoms with Crippen LogP contribution in [0.2, 0.25) is 0 Å². The first-order chi connectivity index (χ1) is 10.8. The third-order valence-corrected chi connectivity index (χ3v) is 3.01. The molecule has 0 radical (unpaired) electrons. The highest BCUT2D eigenvalue weighted by molar-refractivity contribution is 5.59. The first-order valence-corrected chi connectivity index (χ1v) is 7.31. The van der Waals surface area contributed by atoms with Crippen LogP contribution < -0.4 is 4.74 Å². The molecule has 1 aromatic heterocycles. The summed E-state index contributed by atoms with van der Waals surface area (Å²) in [4.78, 5) is 0. The highest BCUT2D eigenvalue weighted by Crippen LogP contribution is 2.26. The Morgan fingerprint density at radius 3 is 2.05 bits per heavy atom. The summed E-state index contributed by atoms with van der Waals surface area (Å²) in [5.74, 6) is 1.77. The Morgan fingerprint density at radius 2 is 1.45 bits per heavy atom. The molecule has 1 heterocycles. The van der Waals surface area contributed by atoms with E-state index in [-0.39, 0.29) is 0 Å². The summed E-state index contributed by atoms with van der Waals surface area (Å²) in [7, 11) is 1.63. The van der Waals surface area contributed by atoms with Crippen molar-refractivity contribution in [2.75, 3.05) is 7.11 Å². The zero-order valence-corrected chi connectivity index (χ0v) is 13.3. The van der Waals surface area contributed by atoms with Crippen LogP contribution in [-0.4, -0.2) is 17.3 Å². The number of hydrogen-bond donors (Lipinski definition) is 0. The van der Waals surface area contributed by atoms with Crippen molar-refractivity contribution in [3.8, 4) is 28.7 Å². The van der Waals surface area contributed by atoms with Crippen molar-refractivity contribution in [3.05, 3.63) is 54.1 Å². The summed E-state index contributed by atoms with van der Waals surface area (Å²) in [5.41, 5.74) is 2.92. The summed E-state index contributed by atoms with van der Waals surface area (Å²) in [6, 6.07) is 15.5. The largest absolute Gasteiger partial charge is 0.497 e. The Bertz CT molecular complexity index is 735. The highest BCUT2D eigenvalue weighted by Gasteiger charge is 2.11. The molecule has 0 aliphatic rings. The van der Waals surface area contributed by atoms with E-state index in [0.717, 1.165) is 22.4 Å². The Kier molecular flexibility index (Phi) is 5.31. The lowest BCUT2D eigenvalue weighted by Gasteiger charge is -2.00. The van der Waals surface area contributed by atoms with E-state index in [1.807, 2.05) is 69.3 Å². The third-order valence-electron chi connectivity index (χ3n) is 3.01. The molecule has 2 aromatic carbocycles. The third kappa shape index (κ3) is 3.52. The van der Waals surface area contributed by atoms with E-state index in [1.165, 1.54) is 0 Å². The van der Waals surface area contributed by atoms with E-state index in [4.69, 9.17) is 9.15 Å². The molecule has 4 nitrogen and oxygen atoms in total. The Balaban J connectivity index is 0.000000847. The van der Waals surface area contributed by atoms with Gasteiger partial charge in [-0.25, -0.2) is 0 Å². The number of aryl methyl sites for hydroxylation is 1. The lowest BCUT2D eigenvalue weighted by atomic mass is 10.1. The fraction of sp³-hybridized carbons (Fsp3) is 0.222. The van der Waals surface area contributed by atoms with Crippen LogP contribution in [0.5, 0.6) is 5.75 Å². The van der Waals surface area contributed by atoms with E-state index < -0.39 is 0 Å². The lowest BCUT2D eigenvalue weighted by molar-refractivity contribution is 0.415. The Morgan fingerprint density at radius 1 is 0.864 bits per heavy atom. The molecule has 3 aromatic rings. The van der Waals surface area contributed by atoms with Crippen molar-refractivity contribution >= 4 is 0 Å². The molecular formula is C18H20N2O2. The summed E-state index contributed by atoms with van der Waals surface area (Å²) in [6.45, 7) is 6.03. The SMILES string of the molecule is CC.COc1cccc(-c2nnc(-c3cccc(C)c3)o2)c1. The van der Waals surface area contributed by atoms with Crippen LogP contribution in [0.25, 0.3) is 22.9 Å². The number of nitrogens with zero attached hydrogens (tertiary/aromatic N) is 2. The number of aromatic nitrogens is 2. The molecule has 22 heavy (non-hydrogen) atoms. The number of hydrogen-bond acceptors (Lipinski definition) is 4. The second-order valence-corrected chi connectivity index (χ2v) is 4.51. The molecule has 0 saturated heterocycles. The average Bonchev–Trinajstić information content (AvgIpc) is 3.07. The van der Waals surface area contributed by atoms with Gasteiger partial charge >= 0.3 is 0 Å². The molecule has 3 rings (SSSR count). The summed E-state index contributed by atoms with van der Waals surface area (Å²) < 4.78 is 10.9. The van der Waals surface area contributed by atoms with Crippen molar-refractivity contribution in [3.63, 3.8) is 0 Å². The van der Waals surface area contributed by atoms with Crippen molar-refractivity contribution in [2.45, 2.75) is 20.8 Å². The van der Waals surface area contributed by atoms with Crippen LogP contribution >= 0.6 is 0 Å². The second-order valence-electron chi connectivity index (χ2n) is 4.51. The predicted molar refractivity (Wildman–Crippen MR) is 87.8 cm³/mol. The van der Waals surface area contributed by atoms with Crippen LogP contribution in [0.1, 0.15) is 19.4 Å². The number of benzene rings is 2. The molecule has 0 atom stereocenters. The van der Waals surface area contributed by atoms with Crippen molar-refractivity contribution in [1.29, 1.82) is 0 Å². The van der Waals surface area contributed by atoms with Crippen molar-refractivity contribution < 1.29 is 9.15 Å². The van der Waals surface area contributed by atoms with E-state index in [9.17, 15) is 0 Å². The van der Waals surface area contributed by atoms with Gasteiger partial charge < -0.3 is 9.15 Å². The molecular weight excluding hydrogens is 276 g/mol. The monoisotopic (exact) mass is 296 g/mol. The van der Waals surface area contributed by atoms with Gasteiger partial charge in [0.05, 0.1) is 7.11 Å². The van der Waals surface area contributed by atoms with Crippen LogP contribution in [0.4, 0.5) is 0 Å². The van der Waals surface area contributed by atoms with E-state index in [2.05, 4.69) is 10.2 Å². The molecule has 114 valence electrons. The second kappa shape index (κ2) is 7.41. The van der Waals surface area contributed by atoms with Gasteiger partial charge in [-0.2, -0.15) is 0 Å². The van der Waals surface area contributed by atoms with Crippen LogP contribution in [0.15, 0.2) is 52.9 Å². The molecule has 0 bridgehead atoms. The summed E-state index contributed by atoms with van der Waals surface area (Å²) in [5, 5.41) is 8.20. The number of ether oxygens (including phenoxy) is 1. The number of rotatable bonds is 3. The minimum Gasteiger partial charge on any atom is -0.497 e. The van der Waals surface area contributed by atoms with Gasteiger partial charge in [-0.15, -0.1) is 10.2 Å². The molecule has 0 spiro atoms. The predicted octanol–water partition coefficient (Wildman–Crippen LogP) is 4.75. The number of methoxy groups -OCH3 is 1. The normalized spacial score (nSPS) is 9.82. The summed E-state index contributed by atoms with van der Waals surface area (Å²) >= 11 is 0. The molecule has 0 amide bonds. The van der Waals surface area contributed by atoms with Crippen molar-refractivity contribution in [2.24, 2.45) is 0 Å². The smallest absolute Gasteiger partial charge is 0.248 e. The minimum absolute atomic E-state index is 0.486. The quantitative estimate of drug-likeness (QED) is 0.700. The van der Waals surface area contributed by atoms with Gasteiger partial charge in [0.2, 0.25) is 11.8 Å². The van der Waals surface area contributed by atoms with Gasteiger partial charge in [0.1, 0.15) is 5.75 Å². The Hall–Kier alpha value is -2.62. The van der Waals surface area contributed by atoms with Crippen LogP contribution in [0.3, 0.4) is 0 Å². The van der Waals surface area contributed by atoms with Gasteiger partial charge in [-0.3, -0.25) is 0 Å². The zero-order chi connectivity index (χ0) is 15.9. The molecule has 0 aliphatic heterocycles.